The standard InChI is InChI=1S/C14H12F2O2/c1-8(17)12-6-9(2-5-14(12)18)11-4-3-10(15)7-13(11)16/h2-8,17-18H,1H3. The van der Waals surface area contributed by atoms with Gasteiger partial charge in [0.2, 0.25) is 0 Å². The molecule has 2 aromatic rings. The molecule has 0 saturated heterocycles. The normalized spacial score (nSPS) is 12.4. The lowest BCUT2D eigenvalue weighted by atomic mass is 10.00. The number of hydrogen-bond acceptors (Lipinski definition) is 2. The molecule has 0 aromatic heterocycles. The van der Waals surface area contributed by atoms with E-state index >= 15 is 0 Å². The summed E-state index contributed by atoms with van der Waals surface area (Å²) in [5.41, 5.74) is 0.996. The summed E-state index contributed by atoms with van der Waals surface area (Å²) in [6.07, 6.45) is -0.867. The molecule has 0 aliphatic rings. The number of aliphatic hydroxyl groups is 1. The third kappa shape index (κ3) is 2.33. The van der Waals surface area contributed by atoms with E-state index in [1.54, 1.807) is 0 Å². The molecule has 0 heterocycles. The minimum Gasteiger partial charge on any atom is -0.508 e. The third-order valence-corrected chi connectivity index (χ3v) is 2.72. The van der Waals surface area contributed by atoms with Crippen molar-refractivity contribution < 1.29 is 19.0 Å². The van der Waals surface area contributed by atoms with Gasteiger partial charge in [0.15, 0.2) is 0 Å². The van der Waals surface area contributed by atoms with Crippen LogP contribution in [0.25, 0.3) is 11.1 Å². The van der Waals surface area contributed by atoms with Gasteiger partial charge in [-0.05, 0) is 36.8 Å². The van der Waals surface area contributed by atoms with Crippen molar-refractivity contribution in [3.05, 3.63) is 53.6 Å². The second-order valence-corrected chi connectivity index (χ2v) is 4.07. The lowest BCUT2D eigenvalue weighted by molar-refractivity contribution is 0.195. The highest BCUT2D eigenvalue weighted by molar-refractivity contribution is 5.66. The summed E-state index contributed by atoms with van der Waals surface area (Å²) >= 11 is 0. The monoisotopic (exact) mass is 250 g/mol. The van der Waals surface area contributed by atoms with Crippen molar-refractivity contribution >= 4 is 0 Å². The molecule has 18 heavy (non-hydrogen) atoms. The predicted molar refractivity (Wildman–Crippen MR) is 64.1 cm³/mol. The summed E-state index contributed by atoms with van der Waals surface area (Å²) in [6.45, 7) is 1.50. The summed E-state index contributed by atoms with van der Waals surface area (Å²) in [6, 6.07) is 7.65. The van der Waals surface area contributed by atoms with E-state index < -0.39 is 17.7 Å². The highest BCUT2D eigenvalue weighted by Gasteiger charge is 2.12. The van der Waals surface area contributed by atoms with Gasteiger partial charge in [-0.3, -0.25) is 0 Å². The molecule has 0 aliphatic carbocycles. The Bertz CT molecular complexity index is 580. The van der Waals surface area contributed by atoms with Crippen LogP contribution < -0.4 is 0 Å². The van der Waals surface area contributed by atoms with Crippen molar-refractivity contribution in [1.29, 1.82) is 0 Å². The Labute approximate surface area is 103 Å². The van der Waals surface area contributed by atoms with Gasteiger partial charge in [0.1, 0.15) is 17.4 Å². The zero-order valence-electron chi connectivity index (χ0n) is 9.69. The number of halogens is 2. The molecule has 2 rings (SSSR count). The lowest BCUT2D eigenvalue weighted by Gasteiger charge is -2.10. The number of rotatable bonds is 2. The SMILES string of the molecule is CC(O)c1cc(-c2ccc(F)cc2F)ccc1O. The molecule has 0 amide bonds. The highest BCUT2D eigenvalue weighted by atomic mass is 19.1. The van der Waals surface area contributed by atoms with Gasteiger partial charge in [0.05, 0.1) is 6.10 Å². The number of phenols is 1. The molecule has 0 aliphatic heterocycles. The van der Waals surface area contributed by atoms with Crippen LogP contribution in [-0.2, 0) is 0 Å². The maximum atomic E-state index is 13.6. The van der Waals surface area contributed by atoms with Crippen molar-refractivity contribution in [3.8, 4) is 16.9 Å². The summed E-state index contributed by atoms with van der Waals surface area (Å²) in [4.78, 5) is 0. The van der Waals surface area contributed by atoms with Gasteiger partial charge < -0.3 is 10.2 Å². The Morgan fingerprint density at radius 1 is 1.06 bits per heavy atom. The van der Waals surface area contributed by atoms with Crippen LogP contribution in [0.1, 0.15) is 18.6 Å². The summed E-state index contributed by atoms with van der Waals surface area (Å²) in [5.74, 6) is -1.39. The maximum absolute atomic E-state index is 13.6. The largest absolute Gasteiger partial charge is 0.508 e. The van der Waals surface area contributed by atoms with Gasteiger partial charge in [0.25, 0.3) is 0 Å². The summed E-state index contributed by atoms with van der Waals surface area (Å²) < 4.78 is 26.4. The van der Waals surface area contributed by atoms with Crippen LogP contribution in [0.5, 0.6) is 5.75 Å². The topological polar surface area (TPSA) is 40.5 Å². The van der Waals surface area contributed by atoms with E-state index in [1.807, 2.05) is 0 Å². The van der Waals surface area contributed by atoms with Crippen molar-refractivity contribution in [2.24, 2.45) is 0 Å². The molecule has 4 heteroatoms. The molecule has 2 aromatic carbocycles. The fourth-order valence-electron chi connectivity index (χ4n) is 1.78. The van der Waals surface area contributed by atoms with Crippen LogP contribution >= 0.6 is 0 Å². The molecule has 94 valence electrons. The van der Waals surface area contributed by atoms with Crippen LogP contribution in [-0.4, -0.2) is 10.2 Å². The van der Waals surface area contributed by atoms with E-state index in [0.29, 0.717) is 11.1 Å². The fraction of sp³-hybridized carbons (Fsp3) is 0.143. The van der Waals surface area contributed by atoms with Crippen molar-refractivity contribution in [2.45, 2.75) is 13.0 Å². The first-order chi connectivity index (χ1) is 8.49. The van der Waals surface area contributed by atoms with Crippen LogP contribution in [0.3, 0.4) is 0 Å². The Hall–Kier alpha value is -1.94. The Morgan fingerprint density at radius 2 is 1.78 bits per heavy atom. The molecule has 2 nitrogen and oxygen atoms in total. The Balaban J connectivity index is 2.54. The second kappa shape index (κ2) is 4.74. The maximum Gasteiger partial charge on any atom is 0.133 e. The van der Waals surface area contributed by atoms with Gasteiger partial charge in [-0.2, -0.15) is 0 Å². The van der Waals surface area contributed by atoms with Gasteiger partial charge >= 0.3 is 0 Å². The van der Waals surface area contributed by atoms with Gasteiger partial charge in [-0.25, -0.2) is 8.78 Å². The zero-order chi connectivity index (χ0) is 13.3. The predicted octanol–water partition coefficient (Wildman–Crippen LogP) is 3.39. The van der Waals surface area contributed by atoms with E-state index in [1.165, 1.54) is 31.2 Å². The van der Waals surface area contributed by atoms with E-state index in [4.69, 9.17) is 0 Å². The average Bonchev–Trinajstić information content (AvgIpc) is 2.30. The molecule has 0 bridgehead atoms. The summed E-state index contributed by atoms with van der Waals surface area (Å²) in [7, 11) is 0. The van der Waals surface area contributed by atoms with Crippen LogP contribution in [0.2, 0.25) is 0 Å². The molecule has 0 spiro atoms. The first-order valence-corrected chi connectivity index (χ1v) is 5.45. The Morgan fingerprint density at radius 3 is 2.39 bits per heavy atom. The smallest absolute Gasteiger partial charge is 0.133 e. The van der Waals surface area contributed by atoms with Crippen LogP contribution in [0.4, 0.5) is 8.78 Å². The molecule has 0 saturated carbocycles. The molecule has 0 fully saturated rings. The van der Waals surface area contributed by atoms with Crippen molar-refractivity contribution in [1.82, 2.24) is 0 Å². The first-order valence-electron chi connectivity index (χ1n) is 5.45. The minimum absolute atomic E-state index is 0.0590. The van der Waals surface area contributed by atoms with Gasteiger partial charge in [0, 0.05) is 17.2 Å². The fourth-order valence-corrected chi connectivity index (χ4v) is 1.78. The molecule has 1 unspecified atom stereocenters. The highest BCUT2D eigenvalue weighted by Crippen LogP contribution is 2.31. The van der Waals surface area contributed by atoms with Gasteiger partial charge in [-0.15, -0.1) is 0 Å². The Kier molecular flexibility index (Phi) is 3.30. The average molecular weight is 250 g/mol. The zero-order valence-corrected chi connectivity index (χ0v) is 9.69. The van der Waals surface area contributed by atoms with Crippen molar-refractivity contribution in [3.63, 3.8) is 0 Å². The van der Waals surface area contributed by atoms with Crippen LogP contribution in [0, 0.1) is 11.6 Å². The molecule has 2 N–H and O–H groups in total. The number of aliphatic hydroxyl groups excluding tert-OH is 1. The van der Waals surface area contributed by atoms with Crippen molar-refractivity contribution in [2.75, 3.05) is 0 Å². The second-order valence-electron chi connectivity index (χ2n) is 4.07. The number of aromatic hydroxyl groups is 1. The first kappa shape index (κ1) is 12.5. The number of phenolic OH excluding ortho intramolecular Hbond substituents is 1. The van der Waals surface area contributed by atoms with Crippen LogP contribution in [0.15, 0.2) is 36.4 Å². The van der Waals surface area contributed by atoms with E-state index in [-0.39, 0.29) is 11.3 Å². The molecular formula is C14H12F2O2. The number of benzene rings is 2. The van der Waals surface area contributed by atoms with Gasteiger partial charge in [-0.1, -0.05) is 6.07 Å². The summed E-state index contributed by atoms with van der Waals surface area (Å²) in [5, 5.41) is 19.0. The minimum atomic E-state index is -0.867. The lowest BCUT2D eigenvalue weighted by Crippen LogP contribution is -1.93. The van der Waals surface area contributed by atoms with E-state index in [2.05, 4.69) is 0 Å². The number of hydrogen-bond donors (Lipinski definition) is 2. The molecule has 1 atom stereocenters. The quantitative estimate of drug-likeness (QED) is 0.857. The molecule has 0 radical (unpaired) electrons. The molecular weight excluding hydrogens is 238 g/mol. The van der Waals surface area contributed by atoms with E-state index in [9.17, 15) is 19.0 Å². The van der Waals surface area contributed by atoms with E-state index in [0.717, 1.165) is 12.1 Å². The third-order valence-electron chi connectivity index (χ3n) is 2.72.